The van der Waals surface area contributed by atoms with Gasteiger partial charge in [0, 0.05) is 31.9 Å². The molecule has 2 aromatic heterocycles. The minimum absolute atomic E-state index is 0.209. The van der Waals surface area contributed by atoms with Crippen molar-refractivity contribution in [1.82, 2.24) is 24.9 Å². The number of anilines is 1. The van der Waals surface area contributed by atoms with Crippen molar-refractivity contribution in [3.63, 3.8) is 0 Å². The van der Waals surface area contributed by atoms with Crippen LogP contribution in [0.4, 0.5) is 10.6 Å². The zero-order valence-electron chi connectivity index (χ0n) is 16.1. The molecule has 0 saturated carbocycles. The number of hydrogen-bond donors (Lipinski definition) is 2. The van der Waals surface area contributed by atoms with Gasteiger partial charge in [0.2, 0.25) is 0 Å². The molecule has 0 bridgehead atoms. The van der Waals surface area contributed by atoms with E-state index in [9.17, 15) is 4.79 Å². The van der Waals surface area contributed by atoms with Crippen molar-refractivity contribution in [2.75, 3.05) is 11.9 Å². The van der Waals surface area contributed by atoms with Gasteiger partial charge in [-0.05, 0) is 38.2 Å². The molecule has 0 aliphatic rings. The molecule has 0 aromatic carbocycles. The Morgan fingerprint density at radius 3 is 2.52 bits per heavy atom. The van der Waals surface area contributed by atoms with Crippen molar-refractivity contribution in [2.24, 2.45) is 18.9 Å². The van der Waals surface area contributed by atoms with Crippen LogP contribution in [0.2, 0.25) is 0 Å². The van der Waals surface area contributed by atoms with E-state index in [-0.39, 0.29) is 11.9 Å². The summed E-state index contributed by atoms with van der Waals surface area (Å²) >= 11 is 0. The minimum atomic E-state index is -0.209. The fourth-order valence-electron chi connectivity index (χ4n) is 2.81. The van der Waals surface area contributed by atoms with Gasteiger partial charge in [0.25, 0.3) is 0 Å². The number of aromatic nitrogens is 4. The first-order valence-electron chi connectivity index (χ1n) is 8.83. The summed E-state index contributed by atoms with van der Waals surface area (Å²) in [6.45, 7) is 11.8. The van der Waals surface area contributed by atoms with Crippen LogP contribution in [-0.2, 0) is 20.0 Å². The Kier molecular flexibility index (Phi) is 6.22. The molecule has 2 rings (SSSR count). The summed E-state index contributed by atoms with van der Waals surface area (Å²) in [5, 5.41) is 14.7. The van der Waals surface area contributed by atoms with Crippen LogP contribution in [0.3, 0.4) is 0 Å². The summed E-state index contributed by atoms with van der Waals surface area (Å²) in [6.07, 6.45) is 0.900. The average Bonchev–Trinajstić information content (AvgIpc) is 2.98. The van der Waals surface area contributed by atoms with Crippen molar-refractivity contribution in [1.29, 1.82) is 0 Å². The number of amides is 2. The second-order valence-electron chi connectivity index (χ2n) is 7.29. The van der Waals surface area contributed by atoms with E-state index < -0.39 is 0 Å². The highest BCUT2D eigenvalue weighted by atomic mass is 16.2. The number of carbonyl (C=O) groups is 1. The second-order valence-corrected chi connectivity index (χ2v) is 7.29. The Balaban J connectivity index is 1.82. The fourth-order valence-corrected chi connectivity index (χ4v) is 2.81. The van der Waals surface area contributed by atoms with Crippen molar-refractivity contribution in [3.05, 3.63) is 29.2 Å². The van der Waals surface area contributed by atoms with Gasteiger partial charge in [0.05, 0.1) is 11.4 Å². The van der Waals surface area contributed by atoms with Crippen LogP contribution < -0.4 is 10.6 Å². The molecule has 0 aliphatic carbocycles. The lowest BCUT2D eigenvalue weighted by Crippen LogP contribution is -2.34. The van der Waals surface area contributed by atoms with Crippen molar-refractivity contribution in [3.8, 4) is 0 Å². The van der Waals surface area contributed by atoms with E-state index in [1.165, 1.54) is 0 Å². The summed E-state index contributed by atoms with van der Waals surface area (Å²) in [4.78, 5) is 12.1. The third kappa shape index (κ3) is 5.62. The number of nitrogens with one attached hydrogen (secondary N) is 2. The number of aryl methyl sites for hydroxylation is 3. The van der Waals surface area contributed by atoms with Gasteiger partial charge >= 0.3 is 6.03 Å². The normalized spacial score (nSPS) is 12.4. The molecule has 7 nitrogen and oxygen atoms in total. The highest BCUT2D eigenvalue weighted by Crippen LogP contribution is 2.13. The van der Waals surface area contributed by atoms with E-state index in [4.69, 9.17) is 0 Å². The minimum Gasteiger partial charge on any atom is -0.337 e. The molecular formula is C18H30N6O. The maximum absolute atomic E-state index is 12.1. The summed E-state index contributed by atoms with van der Waals surface area (Å²) in [6, 6.07) is 3.78. The number of nitrogens with zero attached hydrogens (tertiary/aromatic N) is 4. The van der Waals surface area contributed by atoms with E-state index in [2.05, 4.69) is 47.7 Å². The van der Waals surface area contributed by atoms with Crippen LogP contribution in [0.15, 0.2) is 12.1 Å². The molecule has 0 saturated heterocycles. The average molecular weight is 346 g/mol. The molecule has 2 amide bonds. The molecule has 2 heterocycles. The summed E-state index contributed by atoms with van der Waals surface area (Å²) in [5.74, 6) is 1.53. The van der Waals surface area contributed by atoms with E-state index in [0.29, 0.717) is 18.3 Å². The highest BCUT2D eigenvalue weighted by Gasteiger charge is 2.12. The molecule has 0 radical (unpaired) electrons. The van der Waals surface area contributed by atoms with Gasteiger partial charge < -0.3 is 5.32 Å². The first-order chi connectivity index (χ1) is 11.7. The molecule has 1 atom stereocenters. The van der Waals surface area contributed by atoms with E-state index in [1.54, 1.807) is 4.68 Å². The van der Waals surface area contributed by atoms with Crippen molar-refractivity contribution < 1.29 is 4.79 Å². The zero-order chi connectivity index (χ0) is 18.6. The van der Waals surface area contributed by atoms with E-state index in [1.807, 2.05) is 31.6 Å². The Morgan fingerprint density at radius 2 is 1.92 bits per heavy atom. The van der Waals surface area contributed by atoms with Gasteiger partial charge in [0.1, 0.15) is 5.82 Å². The first-order valence-corrected chi connectivity index (χ1v) is 8.83. The third-order valence-corrected chi connectivity index (χ3v) is 3.99. The summed E-state index contributed by atoms with van der Waals surface area (Å²) in [5.41, 5.74) is 3.15. The number of rotatable bonds is 7. The van der Waals surface area contributed by atoms with Crippen LogP contribution >= 0.6 is 0 Å². The standard InChI is InChI=1S/C18H30N6O/c1-12(2)7-16-9-17(23(6)22-16)20-18(25)19-10-13(3)11-24-15(5)8-14(4)21-24/h8-9,12-13H,7,10-11H2,1-6H3,(H2,19,20,25). The zero-order valence-corrected chi connectivity index (χ0v) is 16.1. The number of urea groups is 1. The molecule has 0 aliphatic heterocycles. The van der Waals surface area contributed by atoms with Crippen LogP contribution in [0.25, 0.3) is 0 Å². The van der Waals surface area contributed by atoms with Gasteiger partial charge in [0.15, 0.2) is 0 Å². The predicted molar refractivity (Wildman–Crippen MR) is 99.6 cm³/mol. The lowest BCUT2D eigenvalue weighted by atomic mass is 10.1. The van der Waals surface area contributed by atoms with Crippen LogP contribution in [0, 0.1) is 25.7 Å². The summed E-state index contributed by atoms with van der Waals surface area (Å²) < 4.78 is 3.69. The highest BCUT2D eigenvalue weighted by molar-refractivity contribution is 5.88. The Labute approximate surface area is 149 Å². The summed E-state index contributed by atoms with van der Waals surface area (Å²) in [7, 11) is 1.84. The van der Waals surface area contributed by atoms with Crippen LogP contribution in [0.1, 0.15) is 37.9 Å². The topological polar surface area (TPSA) is 76.8 Å². The maximum atomic E-state index is 12.1. The monoisotopic (exact) mass is 346 g/mol. The van der Waals surface area contributed by atoms with Crippen LogP contribution in [-0.4, -0.2) is 32.1 Å². The maximum Gasteiger partial charge on any atom is 0.320 e. The molecule has 25 heavy (non-hydrogen) atoms. The Hall–Kier alpha value is -2.31. The quantitative estimate of drug-likeness (QED) is 0.809. The van der Waals surface area contributed by atoms with Gasteiger partial charge in [-0.25, -0.2) is 4.79 Å². The van der Waals surface area contributed by atoms with Gasteiger partial charge in [-0.15, -0.1) is 0 Å². The molecule has 0 fully saturated rings. The molecule has 7 heteroatoms. The lowest BCUT2D eigenvalue weighted by molar-refractivity contribution is 0.249. The van der Waals surface area contributed by atoms with Gasteiger partial charge in [-0.1, -0.05) is 20.8 Å². The molecular weight excluding hydrogens is 316 g/mol. The fraction of sp³-hybridized carbons (Fsp3) is 0.611. The number of hydrogen-bond acceptors (Lipinski definition) is 3. The van der Waals surface area contributed by atoms with E-state index in [0.717, 1.165) is 30.0 Å². The Morgan fingerprint density at radius 1 is 1.20 bits per heavy atom. The van der Waals surface area contributed by atoms with Crippen molar-refractivity contribution >= 4 is 11.8 Å². The third-order valence-electron chi connectivity index (χ3n) is 3.99. The SMILES string of the molecule is Cc1cc(C)n(CC(C)CNC(=O)Nc2cc(CC(C)C)nn2C)n1. The van der Waals surface area contributed by atoms with E-state index >= 15 is 0 Å². The van der Waals surface area contributed by atoms with Crippen molar-refractivity contribution in [2.45, 2.75) is 47.6 Å². The van der Waals surface area contributed by atoms with Crippen LogP contribution in [0.5, 0.6) is 0 Å². The number of carbonyl (C=O) groups excluding carboxylic acids is 1. The molecule has 1 unspecified atom stereocenters. The molecule has 2 N–H and O–H groups in total. The largest absolute Gasteiger partial charge is 0.337 e. The lowest BCUT2D eigenvalue weighted by Gasteiger charge is -2.14. The van der Waals surface area contributed by atoms with Gasteiger partial charge in [-0.2, -0.15) is 10.2 Å². The smallest absolute Gasteiger partial charge is 0.320 e. The Bertz CT molecular complexity index is 715. The molecule has 0 spiro atoms. The van der Waals surface area contributed by atoms with Gasteiger partial charge in [-0.3, -0.25) is 14.7 Å². The molecule has 2 aromatic rings. The second kappa shape index (κ2) is 8.18. The molecule has 138 valence electrons. The predicted octanol–water partition coefficient (Wildman–Crippen LogP) is 2.89. The first kappa shape index (κ1) is 19.0.